The number of aryl methyl sites for hydroxylation is 1. The van der Waals surface area contributed by atoms with E-state index < -0.39 is 0 Å². The molecule has 1 aromatic rings. The van der Waals surface area contributed by atoms with Gasteiger partial charge in [0.1, 0.15) is 5.82 Å². The molecule has 0 bridgehead atoms. The summed E-state index contributed by atoms with van der Waals surface area (Å²) in [5, 5.41) is 3.60. The third-order valence-electron chi connectivity index (χ3n) is 4.19. The van der Waals surface area contributed by atoms with Crippen LogP contribution in [0.25, 0.3) is 0 Å². The van der Waals surface area contributed by atoms with E-state index in [1.54, 1.807) is 12.1 Å². The highest BCUT2D eigenvalue weighted by Gasteiger charge is 2.24. The molecule has 18 heavy (non-hydrogen) atoms. The molecule has 1 atom stereocenters. The maximum Gasteiger partial charge on any atom is 0.123 e. The molecule has 1 N–H and O–H groups in total. The maximum atomic E-state index is 13.3. The molecule has 2 heteroatoms. The largest absolute Gasteiger partial charge is 0.314 e. The minimum absolute atomic E-state index is 0.114. The molecule has 1 saturated carbocycles. The van der Waals surface area contributed by atoms with E-state index in [0.717, 1.165) is 24.4 Å². The van der Waals surface area contributed by atoms with Crippen LogP contribution < -0.4 is 5.32 Å². The molecule has 0 amide bonds. The highest BCUT2D eigenvalue weighted by atomic mass is 19.1. The fourth-order valence-electron chi connectivity index (χ4n) is 3.12. The zero-order chi connectivity index (χ0) is 13.0. The van der Waals surface area contributed by atoms with Crippen LogP contribution in [0.5, 0.6) is 0 Å². The Labute approximate surface area is 110 Å². The first-order chi connectivity index (χ1) is 8.70. The summed E-state index contributed by atoms with van der Waals surface area (Å²) in [7, 11) is 0. The molecule has 0 aliphatic heterocycles. The van der Waals surface area contributed by atoms with Gasteiger partial charge in [0.25, 0.3) is 0 Å². The van der Waals surface area contributed by atoms with Crippen molar-refractivity contribution in [3.8, 4) is 0 Å². The first-order valence-corrected chi connectivity index (χ1v) is 7.19. The number of rotatable bonds is 5. The molecule has 2 rings (SSSR count). The standard InChI is InChI=1S/C16H24FN/c1-3-18-16(13-6-4-5-7-13)11-14-10-15(17)9-8-12(14)2/h8-10,13,16,18H,3-7,11H2,1-2H3. The Kier molecular flexibility index (Phi) is 4.76. The third-order valence-corrected chi connectivity index (χ3v) is 4.19. The van der Waals surface area contributed by atoms with E-state index in [2.05, 4.69) is 19.2 Å². The summed E-state index contributed by atoms with van der Waals surface area (Å²) in [6.07, 6.45) is 6.32. The van der Waals surface area contributed by atoms with Crippen LogP contribution in [0.15, 0.2) is 18.2 Å². The quantitative estimate of drug-likeness (QED) is 0.836. The minimum Gasteiger partial charge on any atom is -0.314 e. The summed E-state index contributed by atoms with van der Waals surface area (Å²) in [4.78, 5) is 0. The molecule has 1 aliphatic rings. The van der Waals surface area contributed by atoms with Crippen LogP contribution in [0.2, 0.25) is 0 Å². The van der Waals surface area contributed by atoms with Crippen molar-refractivity contribution in [2.75, 3.05) is 6.54 Å². The fraction of sp³-hybridized carbons (Fsp3) is 0.625. The molecule has 0 saturated heterocycles. The molecular formula is C16H24FN. The monoisotopic (exact) mass is 249 g/mol. The van der Waals surface area contributed by atoms with E-state index in [-0.39, 0.29) is 5.82 Å². The Morgan fingerprint density at radius 2 is 2.06 bits per heavy atom. The van der Waals surface area contributed by atoms with Crippen molar-refractivity contribution >= 4 is 0 Å². The lowest BCUT2D eigenvalue weighted by Crippen LogP contribution is -2.37. The zero-order valence-electron chi connectivity index (χ0n) is 11.5. The zero-order valence-corrected chi connectivity index (χ0v) is 11.5. The van der Waals surface area contributed by atoms with Gasteiger partial charge in [-0.05, 0) is 61.9 Å². The number of nitrogens with one attached hydrogen (secondary N) is 1. The molecule has 1 aliphatic carbocycles. The average molecular weight is 249 g/mol. The summed E-state index contributed by atoms with van der Waals surface area (Å²) in [5.41, 5.74) is 2.37. The predicted molar refractivity (Wildman–Crippen MR) is 74.3 cm³/mol. The first kappa shape index (κ1) is 13.5. The second kappa shape index (κ2) is 6.33. The topological polar surface area (TPSA) is 12.0 Å². The molecule has 0 aromatic heterocycles. The number of likely N-dealkylation sites (N-methyl/N-ethyl adjacent to an activating group) is 1. The van der Waals surface area contributed by atoms with Crippen LogP contribution in [0.4, 0.5) is 4.39 Å². The molecule has 100 valence electrons. The number of benzene rings is 1. The van der Waals surface area contributed by atoms with Crippen molar-refractivity contribution in [2.45, 2.75) is 52.0 Å². The van der Waals surface area contributed by atoms with Crippen molar-refractivity contribution in [1.82, 2.24) is 5.32 Å². The van der Waals surface area contributed by atoms with Gasteiger partial charge in [-0.3, -0.25) is 0 Å². The van der Waals surface area contributed by atoms with E-state index in [9.17, 15) is 4.39 Å². The van der Waals surface area contributed by atoms with Gasteiger partial charge in [-0.1, -0.05) is 25.8 Å². The maximum absolute atomic E-state index is 13.3. The van der Waals surface area contributed by atoms with Gasteiger partial charge >= 0.3 is 0 Å². The van der Waals surface area contributed by atoms with Crippen LogP contribution in [-0.4, -0.2) is 12.6 Å². The van der Waals surface area contributed by atoms with Crippen molar-refractivity contribution in [1.29, 1.82) is 0 Å². The highest BCUT2D eigenvalue weighted by molar-refractivity contribution is 5.27. The molecule has 0 radical (unpaired) electrons. The van der Waals surface area contributed by atoms with Crippen molar-refractivity contribution in [3.05, 3.63) is 35.1 Å². The van der Waals surface area contributed by atoms with Crippen molar-refractivity contribution in [2.24, 2.45) is 5.92 Å². The lowest BCUT2D eigenvalue weighted by atomic mass is 9.90. The Hall–Kier alpha value is -0.890. The minimum atomic E-state index is -0.114. The summed E-state index contributed by atoms with van der Waals surface area (Å²) in [6, 6.07) is 5.66. The normalized spacial score (nSPS) is 18.2. The predicted octanol–water partition coefficient (Wildman–Crippen LogP) is 3.84. The molecular weight excluding hydrogens is 225 g/mol. The SMILES string of the molecule is CCNC(Cc1cc(F)ccc1C)C1CCCC1. The van der Waals surface area contributed by atoms with E-state index in [1.165, 1.54) is 31.2 Å². The number of hydrogen-bond donors (Lipinski definition) is 1. The summed E-state index contributed by atoms with van der Waals surface area (Å²) < 4.78 is 13.3. The van der Waals surface area contributed by atoms with Gasteiger partial charge in [0.15, 0.2) is 0 Å². The van der Waals surface area contributed by atoms with E-state index in [4.69, 9.17) is 0 Å². The summed E-state index contributed by atoms with van der Waals surface area (Å²) in [5.74, 6) is 0.657. The first-order valence-electron chi connectivity index (χ1n) is 7.19. The molecule has 1 aromatic carbocycles. The Morgan fingerprint density at radius 3 is 2.72 bits per heavy atom. The summed E-state index contributed by atoms with van der Waals surface area (Å²) >= 11 is 0. The van der Waals surface area contributed by atoms with Crippen LogP contribution in [0.1, 0.15) is 43.7 Å². The van der Waals surface area contributed by atoms with Crippen LogP contribution in [-0.2, 0) is 6.42 Å². The van der Waals surface area contributed by atoms with E-state index in [1.807, 2.05) is 6.07 Å². The molecule has 0 heterocycles. The van der Waals surface area contributed by atoms with Crippen LogP contribution in [0.3, 0.4) is 0 Å². The van der Waals surface area contributed by atoms with Crippen LogP contribution in [0, 0.1) is 18.7 Å². The smallest absolute Gasteiger partial charge is 0.123 e. The Morgan fingerprint density at radius 1 is 1.33 bits per heavy atom. The molecule has 1 nitrogen and oxygen atoms in total. The number of hydrogen-bond acceptors (Lipinski definition) is 1. The average Bonchev–Trinajstić information content (AvgIpc) is 2.87. The van der Waals surface area contributed by atoms with Gasteiger partial charge in [0, 0.05) is 6.04 Å². The molecule has 1 unspecified atom stereocenters. The molecule has 0 spiro atoms. The van der Waals surface area contributed by atoms with Gasteiger partial charge in [0.05, 0.1) is 0 Å². The summed E-state index contributed by atoms with van der Waals surface area (Å²) in [6.45, 7) is 5.22. The van der Waals surface area contributed by atoms with Crippen LogP contribution >= 0.6 is 0 Å². The van der Waals surface area contributed by atoms with E-state index >= 15 is 0 Å². The van der Waals surface area contributed by atoms with Gasteiger partial charge in [-0.25, -0.2) is 4.39 Å². The van der Waals surface area contributed by atoms with E-state index in [0.29, 0.717) is 6.04 Å². The van der Waals surface area contributed by atoms with Crippen molar-refractivity contribution < 1.29 is 4.39 Å². The Balaban J connectivity index is 2.09. The lowest BCUT2D eigenvalue weighted by Gasteiger charge is -2.25. The lowest BCUT2D eigenvalue weighted by molar-refractivity contribution is 0.361. The highest BCUT2D eigenvalue weighted by Crippen LogP contribution is 2.29. The van der Waals surface area contributed by atoms with Gasteiger partial charge in [0.2, 0.25) is 0 Å². The Bertz CT molecular complexity index is 383. The van der Waals surface area contributed by atoms with Gasteiger partial charge in [-0.2, -0.15) is 0 Å². The van der Waals surface area contributed by atoms with Gasteiger partial charge < -0.3 is 5.32 Å². The second-order valence-corrected chi connectivity index (χ2v) is 5.48. The third kappa shape index (κ3) is 3.32. The second-order valence-electron chi connectivity index (χ2n) is 5.48. The van der Waals surface area contributed by atoms with Crippen molar-refractivity contribution in [3.63, 3.8) is 0 Å². The molecule has 1 fully saturated rings. The number of halogens is 1. The van der Waals surface area contributed by atoms with Gasteiger partial charge in [-0.15, -0.1) is 0 Å². The fourth-order valence-corrected chi connectivity index (χ4v) is 3.12.